The standard InChI is InChI=1S/C12H23NO2/c1-8(11-6-4-5-7-11)10(3)15-12(14)9(2)13/h8-11H,4-7,13H2,1-3H3/t8?,9-,10+/m0/s1. The van der Waals surface area contributed by atoms with Gasteiger partial charge in [-0.3, -0.25) is 4.79 Å². The molecule has 1 fully saturated rings. The number of carbonyl (C=O) groups excluding carboxylic acids is 1. The van der Waals surface area contributed by atoms with Gasteiger partial charge in [-0.2, -0.15) is 0 Å². The summed E-state index contributed by atoms with van der Waals surface area (Å²) in [6.07, 6.45) is 5.20. The topological polar surface area (TPSA) is 52.3 Å². The smallest absolute Gasteiger partial charge is 0.322 e. The molecule has 0 amide bonds. The van der Waals surface area contributed by atoms with E-state index in [1.807, 2.05) is 6.92 Å². The van der Waals surface area contributed by atoms with Gasteiger partial charge in [0.05, 0.1) is 0 Å². The molecular formula is C12H23NO2. The van der Waals surface area contributed by atoms with E-state index in [-0.39, 0.29) is 12.1 Å². The van der Waals surface area contributed by atoms with E-state index < -0.39 is 6.04 Å². The molecule has 0 bridgehead atoms. The fraction of sp³-hybridized carbons (Fsp3) is 0.917. The van der Waals surface area contributed by atoms with Gasteiger partial charge in [0, 0.05) is 0 Å². The van der Waals surface area contributed by atoms with Crippen molar-refractivity contribution in [2.24, 2.45) is 17.6 Å². The van der Waals surface area contributed by atoms with Crippen LogP contribution in [0.15, 0.2) is 0 Å². The van der Waals surface area contributed by atoms with E-state index in [2.05, 4.69) is 6.92 Å². The van der Waals surface area contributed by atoms with Crippen LogP contribution in [-0.4, -0.2) is 18.1 Å². The van der Waals surface area contributed by atoms with Crippen LogP contribution in [0, 0.1) is 11.8 Å². The molecule has 0 aromatic carbocycles. The lowest BCUT2D eigenvalue weighted by molar-refractivity contribution is -0.152. The molecule has 3 heteroatoms. The number of rotatable bonds is 4. The highest BCUT2D eigenvalue weighted by atomic mass is 16.5. The molecule has 0 aliphatic heterocycles. The number of esters is 1. The maximum Gasteiger partial charge on any atom is 0.322 e. The molecule has 1 unspecified atom stereocenters. The molecule has 15 heavy (non-hydrogen) atoms. The average molecular weight is 213 g/mol. The van der Waals surface area contributed by atoms with Gasteiger partial charge in [0.2, 0.25) is 0 Å². The summed E-state index contributed by atoms with van der Waals surface area (Å²) in [5, 5.41) is 0. The molecule has 2 N–H and O–H groups in total. The quantitative estimate of drug-likeness (QED) is 0.727. The van der Waals surface area contributed by atoms with Gasteiger partial charge in [0.25, 0.3) is 0 Å². The second-order valence-corrected chi connectivity index (χ2v) is 4.83. The van der Waals surface area contributed by atoms with Crippen LogP contribution in [0.1, 0.15) is 46.5 Å². The van der Waals surface area contributed by atoms with E-state index in [1.165, 1.54) is 25.7 Å². The zero-order valence-electron chi connectivity index (χ0n) is 10.0. The van der Waals surface area contributed by atoms with Crippen LogP contribution in [0.5, 0.6) is 0 Å². The summed E-state index contributed by atoms with van der Waals surface area (Å²) in [6, 6.07) is -0.511. The summed E-state index contributed by atoms with van der Waals surface area (Å²) in [7, 11) is 0. The minimum absolute atomic E-state index is 0.00778. The average Bonchev–Trinajstić information content (AvgIpc) is 2.68. The molecule has 0 spiro atoms. The molecule has 1 rings (SSSR count). The highest BCUT2D eigenvalue weighted by Gasteiger charge is 2.28. The first-order chi connectivity index (χ1) is 7.02. The molecule has 1 aliphatic rings. The Bertz CT molecular complexity index is 210. The molecule has 0 aromatic heterocycles. The van der Waals surface area contributed by atoms with E-state index >= 15 is 0 Å². The summed E-state index contributed by atoms with van der Waals surface area (Å²) < 4.78 is 5.32. The summed E-state index contributed by atoms with van der Waals surface area (Å²) in [5.41, 5.74) is 5.46. The van der Waals surface area contributed by atoms with E-state index in [9.17, 15) is 4.79 Å². The van der Waals surface area contributed by atoms with Crippen molar-refractivity contribution in [1.82, 2.24) is 0 Å². The number of ether oxygens (including phenoxy) is 1. The monoisotopic (exact) mass is 213 g/mol. The normalized spacial score (nSPS) is 23.5. The zero-order chi connectivity index (χ0) is 11.4. The maximum atomic E-state index is 11.3. The van der Waals surface area contributed by atoms with Gasteiger partial charge in [-0.25, -0.2) is 0 Å². The largest absolute Gasteiger partial charge is 0.461 e. The van der Waals surface area contributed by atoms with Gasteiger partial charge in [-0.15, -0.1) is 0 Å². The molecule has 0 radical (unpaired) electrons. The molecule has 3 nitrogen and oxygen atoms in total. The van der Waals surface area contributed by atoms with E-state index in [0.717, 1.165) is 5.92 Å². The Balaban J connectivity index is 2.38. The summed E-state index contributed by atoms with van der Waals surface area (Å²) >= 11 is 0. The SMILES string of the molecule is CC(C1CCCC1)[C@@H](C)OC(=O)[C@H](C)N. The molecule has 1 saturated carbocycles. The summed E-state index contributed by atoms with van der Waals surface area (Å²) in [6.45, 7) is 5.81. The third kappa shape index (κ3) is 3.49. The summed E-state index contributed by atoms with van der Waals surface area (Å²) in [5.74, 6) is 0.892. The highest BCUT2D eigenvalue weighted by Crippen LogP contribution is 2.33. The minimum atomic E-state index is -0.511. The van der Waals surface area contributed by atoms with Crippen molar-refractivity contribution in [3.05, 3.63) is 0 Å². The molecule has 0 aromatic rings. The fourth-order valence-corrected chi connectivity index (χ4v) is 2.26. The van der Waals surface area contributed by atoms with E-state index in [0.29, 0.717) is 5.92 Å². The highest BCUT2D eigenvalue weighted by molar-refractivity contribution is 5.75. The molecular weight excluding hydrogens is 190 g/mol. The zero-order valence-corrected chi connectivity index (χ0v) is 10.0. The van der Waals surface area contributed by atoms with Crippen LogP contribution < -0.4 is 5.73 Å². The lowest BCUT2D eigenvalue weighted by Crippen LogP contribution is -2.34. The maximum absolute atomic E-state index is 11.3. The number of hydrogen-bond acceptors (Lipinski definition) is 3. The van der Waals surface area contributed by atoms with Crippen molar-refractivity contribution >= 4 is 5.97 Å². The number of nitrogens with two attached hydrogens (primary N) is 1. The summed E-state index contributed by atoms with van der Waals surface area (Å²) in [4.78, 5) is 11.3. The number of carbonyl (C=O) groups is 1. The van der Waals surface area contributed by atoms with E-state index in [4.69, 9.17) is 10.5 Å². The van der Waals surface area contributed by atoms with Crippen LogP contribution >= 0.6 is 0 Å². The van der Waals surface area contributed by atoms with Gasteiger partial charge in [0.15, 0.2) is 0 Å². The molecule has 88 valence electrons. The van der Waals surface area contributed by atoms with Crippen molar-refractivity contribution in [2.75, 3.05) is 0 Å². The van der Waals surface area contributed by atoms with Crippen LogP contribution in [0.2, 0.25) is 0 Å². The number of hydrogen-bond donors (Lipinski definition) is 1. The van der Waals surface area contributed by atoms with Crippen molar-refractivity contribution in [3.63, 3.8) is 0 Å². The van der Waals surface area contributed by atoms with Gasteiger partial charge < -0.3 is 10.5 Å². The van der Waals surface area contributed by atoms with Crippen molar-refractivity contribution < 1.29 is 9.53 Å². The van der Waals surface area contributed by atoms with Gasteiger partial charge in [0.1, 0.15) is 12.1 Å². The lowest BCUT2D eigenvalue weighted by atomic mass is 9.88. The third-order valence-electron chi connectivity index (χ3n) is 3.56. The fourth-order valence-electron chi connectivity index (χ4n) is 2.26. The predicted octanol–water partition coefficient (Wildman–Crippen LogP) is 2.09. The Morgan fingerprint density at radius 3 is 2.27 bits per heavy atom. The second kappa shape index (κ2) is 5.50. The van der Waals surface area contributed by atoms with Crippen molar-refractivity contribution in [1.29, 1.82) is 0 Å². The molecule has 3 atom stereocenters. The molecule has 0 saturated heterocycles. The van der Waals surface area contributed by atoms with Crippen molar-refractivity contribution in [3.8, 4) is 0 Å². The Kier molecular flexibility index (Phi) is 4.58. The lowest BCUT2D eigenvalue weighted by Gasteiger charge is -2.26. The molecule has 1 aliphatic carbocycles. The molecule has 0 heterocycles. The Labute approximate surface area is 92.4 Å². The minimum Gasteiger partial charge on any atom is -0.461 e. The first-order valence-electron chi connectivity index (χ1n) is 5.98. The Morgan fingerprint density at radius 1 is 1.27 bits per heavy atom. The van der Waals surface area contributed by atoms with Crippen molar-refractivity contribution in [2.45, 2.75) is 58.6 Å². The van der Waals surface area contributed by atoms with Crippen LogP contribution in [-0.2, 0) is 9.53 Å². The van der Waals surface area contributed by atoms with E-state index in [1.54, 1.807) is 6.92 Å². The second-order valence-electron chi connectivity index (χ2n) is 4.83. The Morgan fingerprint density at radius 2 is 1.80 bits per heavy atom. The van der Waals surface area contributed by atoms with Gasteiger partial charge >= 0.3 is 5.97 Å². The van der Waals surface area contributed by atoms with Crippen LogP contribution in [0.25, 0.3) is 0 Å². The van der Waals surface area contributed by atoms with Gasteiger partial charge in [-0.05, 0) is 25.7 Å². The Hall–Kier alpha value is -0.570. The third-order valence-corrected chi connectivity index (χ3v) is 3.56. The first-order valence-corrected chi connectivity index (χ1v) is 5.98. The predicted molar refractivity (Wildman–Crippen MR) is 60.3 cm³/mol. The van der Waals surface area contributed by atoms with Crippen LogP contribution in [0.4, 0.5) is 0 Å². The first kappa shape index (κ1) is 12.5. The van der Waals surface area contributed by atoms with Gasteiger partial charge in [-0.1, -0.05) is 32.6 Å². The van der Waals surface area contributed by atoms with Crippen LogP contribution in [0.3, 0.4) is 0 Å².